The van der Waals surface area contributed by atoms with Crippen molar-refractivity contribution in [3.05, 3.63) is 89.5 Å². The van der Waals surface area contributed by atoms with E-state index in [2.05, 4.69) is 22.8 Å². The van der Waals surface area contributed by atoms with Gasteiger partial charge in [-0.15, -0.1) is 0 Å². The molecule has 4 rings (SSSR count). The Hall–Kier alpha value is -4.18. The lowest BCUT2D eigenvalue weighted by Crippen LogP contribution is -2.42. The van der Waals surface area contributed by atoms with Crippen LogP contribution >= 0.6 is 11.8 Å². The van der Waals surface area contributed by atoms with Crippen molar-refractivity contribution in [2.75, 3.05) is 20.3 Å². The van der Waals surface area contributed by atoms with Crippen LogP contribution in [-0.2, 0) is 20.0 Å². The van der Waals surface area contributed by atoms with E-state index in [1.165, 1.54) is 0 Å². The average Bonchev–Trinajstić information content (AvgIpc) is 3.31. The molecule has 10 heteroatoms. The second-order valence-corrected chi connectivity index (χ2v) is 12.9. The predicted octanol–water partition coefficient (Wildman–Crippen LogP) is 6.59. The van der Waals surface area contributed by atoms with Gasteiger partial charge in [0, 0.05) is 23.5 Å². The Kier molecular flexibility index (Phi) is 11.2. The number of rotatable bonds is 13. The summed E-state index contributed by atoms with van der Waals surface area (Å²) in [5, 5.41) is 15.1. The highest BCUT2D eigenvalue weighted by Crippen LogP contribution is 2.44. The minimum absolute atomic E-state index is 0.0896. The molecule has 3 N–H and O–H groups in total. The first kappa shape index (κ1) is 32.7. The minimum atomic E-state index is -1.16. The number of fused-ring (bicyclic) bond motifs is 3. The summed E-state index contributed by atoms with van der Waals surface area (Å²) in [4.78, 5) is 37.2. The summed E-state index contributed by atoms with van der Waals surface area (Å²) in [6.45, 7) is 5.72. The lowest BCUT2D eigenvalue weighted by atomic mass is 9.98. The summed E-state index contributed by atoms with van der Waals surface area (Å²) in [5.41, 5.74) is 4.79. The first-order valence-electron chi connectivity index (χ1n) is 14.6. The molecule has 3 aromatic rings. The third kappa shape index (κ3) is 9.16. The Balaban J connectivity index is 1.34. The van der Waals surface area contributed by atoms with Crippen molar-refractivity contribution in [3.8, 4) is 16.9 Å². The monoisotopic (exact) mass is 620 g/mol. The number of hydrogen-bond donors (Lipinski definition) is 3. The van der Waals surface area contributed by atoms with E-state index in [1.807, 2.05) is 60.7 Å². The van der Waals surface area contributed by atoms with E-state index in [0.717, 1.165) is 33.6 Å². The quantitative estimate of drug-likeness (QED) is 0.196. The molecule has 0 aliphatic heterocycles. The van der Waals surface area contributed by atoms with Crippen LogP contribution in [-0.4, -0.2) is 60.4 Å². The smallest absolute Gasteiger partial charge is 0.407 e. The third-order valence-electron chi connectivity index (χ3n) is 7.23. The fourth-order valence-electron chi connectivity index (χ4n) is 5.08. The highest BCUT2D eigenvalue weighted by atomic mass is 32.2. The van der Waals surface area contributed by atoms with Gasteiger partial charge in [-0.1, -0.05) is 60.7 Å². The molecular weight excluding hydrogens is 580 g/mol. The van der Waals surface area contributed by atoms with Gasteiger partial charge in [0.25, 0.3) is 0 Å². The van der Waals surface area contributed by atoms with Crippen molar-refractivity contribution >= 4 is 29.9 Å². The maximum atomic E-state index is 12.8. The van der Waals surface area contributed by atoms with Gasteiger partial charge in [-0.3, -0.25) is 0 Å². The van der Waals surface area contributed by atoms with Crippen LogP contribution in [0.1, 0.15) is 56.2 Å². The molecule has 1 unspecified atom stereocenters. The van der Waals surface area contributed by atoms with E-state index in [-0.39, 0.29) is 30.7 Å². The average molecular weight is 621 g/mol. The van der Waals surface area contributed by atoms with E-state index in [0.29, 0.717) is 12.2 Å². The molecule has 0 aromatic heterocycles. The number of carboxylic acids is 1. The molecule has 3 aromatic carbocycles. The minimum Gasteiger partial charge on any atom is -0.497 e. The van der Waals surface area contributed by atoms with Crippen molar-refractivity contribution in [1.82, 2.24) is 10.6 Å². The number of benzene rings is 3. The number of alkyl carbamates (subject to hydrolysis) is 2. The molecule has 0 heterocycles. The van der Waals surface area contributed by atoms with Crippen molar-refractivity contribution in [3.63, 3.8) is 0 Å². The zero-order chi connectivity index (χ0) is 31.7. The molecule has 2 amide bonds. The maximum Gasteiger partial charge on any atom is 0.407 e. The van der Waals surface area contributed by atoms with Gasteiger partial charge in [-0.05, 0) is 73.6 Å². The van der Waals surface area contributed by atoms with E-state index in [1.54, 1.807) is 39.6 Å². The van der Waals surface area contributed by atoms with Crippen LogP contribution in [0.2, 0.25) is 0 Å². The SMILES string of the molecule is COc1ccc(CSC(CC[C@H](NC(=O)OCC2c3ccccc3-c3ccccc32)C(=O)O)CNC(=O)OC(C)(C)C)cc1. The topological polar surface area (TPSA) is 123 Å². The number of carbonyl (C=O) groups is 3. The molecular formula is C34H40N2O7S. The number of carbonyl (C=O) groups excluding carboxylic acids is 2. The first-order valence-corrected chi connectivity index (χ1v) is 15.6. The van der Waals surface area contributed by atoms with Crippen LogP contribution in [0.4, 0.5) is 9.59 Å². The van der Waals surface area contributed by atoms with E-state index >= 15 is 0 Å². The summed E-state index contributed by atoms with van der Waals surface area (Å²) in [7, 11) is 1.61. The van der Waals surface area contributed by atoms with Gasteiger partial charge in [0.1, 0.15) is 24.0 Å². The molecule has 9 nitrogen and oxygen atoms in total. The Bertz CT molecular complexity index is 1390. The maximum absolute atomic E-state index is 12.8. The summed E-state index contributed by atoms with van der Waals surface area (Å²) in [6.07, 6.45) is -0.764. The number of hydrogen-bond acceptors (Lipinski definition) is 7. The van der Waals surface area contributed by atoms with Gasteiger partial charge >= 0.3 is 18.2 Å². The van der Waals surface area contributed by atoms with Crippen LogP contribution in [0.3, 0.4) is 0 Å². The highest BCUT2D eigenvalue weighted by Gasteiger charge is 2.30. The fraction of sp³-hybridized carbons (Fsp3) is 0.382. The standard InChI is InChI=1S/C34H40N2O7S/c1-34(2,3)43-32(39)35-19-24(44-21-22-13-15-23(41-4)16-14-22)17-18-30(31(37)38)36-33(40)42-20-29-27-11-7-5-9-25(27)26-10-6-8-12-28(26)29/h5-16,24,29-30H,17-21H2,1-4H3,(H,35,39)(H,36,40)(H,37,38)/t24?,30-/m0/s1. The zero-order valence-corrected chi connectivity index (χ0v) is 26.3. The van der Waals surface area contributed by atoms with Crippen LogP contribution in [0.25, 0.3) is 11.1 Å². The molecule has 0 radical (unpaired) electrons. The van der Waals surface area contributed by atoms with Crippen molar-refractivity contribution < 1.29 is 33.7 Å². The van der Waals surface area contributed by atoms with E-state index in [9.17, 15) is 19.5 Å². The van der Waals surface area contributed by atoms with Gasteiger partial charge in [0.2, 0.25) is 0 Å². The van der Waals surface area contributed by atoms with Gasteiger partial charge in [0.05, 0.1) is 7.11 Å². The normalized spacial score (nSPS) is 13.6. The second kappa shape index (κ2) is 15.0. The lowest BCUT2D eigenvalue weighted by molar-refractivity contribution is -0.139. The molecule has 1 aliphatic rings. The molecule has 234 valence electrons. The molecule has 0 saturated carbocycles. The van der Waals surface area contributed by atoms with Crippen molar-refractivity contribution in [2.45, 2.75) is 62.2 Å². The number of thioether (sulfide) groups is 1. The molecule has 2 atom stereocenters. The van der Waals surface area contributed by atoms with Crippen LogP contribution < -0.4 is 15.4 Å². The number of carboxylic acid groups (broad SMARTS) is 1. The molecule has 0 bridgehead atoms. The summed E-state index contributed by atoms with van der Waals surface area (Å²) in [6, 6.07) is 22.5. The third-order valence-corrected chi connectivity index (χ3v) is 8.60. The van der Waals surface area contributed by atoms with Gasteiger partial charge in [-0.25, -0.2) is 14.4 Å². The van der Waals surface area contributed by atoms with Crippen LogP contribution in [0, 0.1) is 0 Å². The summed E-state index contributed by atoms with van der Waals surface area (Å²) >= 11 is 1.59. The van der Waals surface area contributed by atoms with Gasteiger partial charge in [0.15, 0.2) is 0 Å². The van der Waals surface area contributed by atoms with Gasteiger partial charge in [-0.2, -0.15) is 11.8 Å². The Labute approximate surface area is 262 Å². The van der Waals surface area contributed by atoms with Crippen LogP contribution in [0.5, 0.6) is 5.75 Å². The molecule has 44 heavy (non-hydrogen) atoms. The van der Waals surface area contributed by atoms with E-state index in [4.69, 9.17) is 14.2 Å². The number of amides is 2. The Morgan fingerprint density at radius 1 is 0.886 bits per heavy atom. The molecule has 0 saturated heterocycles. The first-order chi connectivity index (χ1) is 21.0. The van der Waals surface area contributed by atoms with Crippen LogP contribution in [0.15, 0.2) is 72.8 Å². The Morgan fingerprint density at radius 3 is 2.07 bits per heavy atom. The van der Waals surface area contributed by atoms with Gasteiger partial charge < -0.3 is 30.0 Å². The molecule has 1 aliphatic carbocycles. The summed E-state index contributed by atoms with van der Waals surface area (Å²) < 4.78 is 16.2. The molecule has 0 spiro atoms. The number of nitrogens with one attached hydrogen (secondary N) is 2. The zero-order valence-electron chi connectivity index (χ0n) is 25.5. The number of aliphatic carboxylic acids is 1. The Morgan fingerprint density at radius 2 is 1.50 bits per heavy atom. The highest BCUT2D eigenvalue weighted by molar-refractivity contribution is 7.99. The van der Waals surface area contributed by atoms with Crippen molar-refractivity contribution in [2.24, 2.45) is 0 Å². The number of ether oxygens (including phenoxy) is 3. The molecule has 0 fully saturated rings. The fourth-order valence-corrected chi connectivity index (χ4v) is 6.21. The lowest BCUT2D eigenvalue weighted by Gasteiger charge is -2.23. The summed E-state index contributed by atoms with van der Waals surface area (Å²) in [5.74, 6) is 0.111. The second-order valence-electron chi connectivity index (χ2n) is 11.6. The van der Waals surface area contributed by atoms with E-state index < -0.39 is 29.8 Å². The van der Waals surface area contributed by atoms with Crippen molar-refractivity contribution in [1.29, 1.82) is 0 Å². The predicted molar refractivity (Wildman–Crippen MR) is 171 cm³/mol. The number of methoxy groups -OCH3 is 1. The largest absolute Gasteiger partial charge is 0.497 e.